The molecule has 1 aromatic heterocycles. The summed E-state index contributed by atoms with van der Waals surface area (Å²) in [7, 11) is 1.84. The van der Waals surface area contributed by atoms with Crippen LogP contribution in [-0.4, -0.2) is 17.0 Å². The highest BCUT2D eigenvalue weighted by Crippen LogP contribution is 2.23. The molecule has 1 N–H and O–H groups in total. The lowest BCUT2D eigenvalue weighted by Gasteiger charge is -2.12. The van der Waals surface area contributed by atoms with Gasteiger partial charge in [-0.15, -0.1) is 0 Å². The van der Waals surface area contributed by atoms with Crippen molar-refractivity contribution < 1.29 is 4.74 Å². The van der Waals surface area contributed by atoms with Crippen LogP contribution in [-0.2, 0) is 13.0 Å². The fourth-order valence-electron chi connectivity index (χ4n) is 1.83. The third-order valence-electron chi connectivity index (χ3n) is 2.76. The van der Waals surface area contributed by atoms with Gasteiger partial charge in [0.25, 0.3) is 0 Å². The van der Waals surface area contributed by atoms with Crippen LogP contribution in [0.25, 0.3) is 0 Å². The van der Waals surface area contributed by atoms with Crippen molar-refractivity contribution in [3.8, 4) is 5.88 Å². The topological polar surface area (TPSA) is 47.0 Å². The van der Waals surface area contributed by atoms with Gasteiger partial charge in [0, 0.05) is 12.1 Å². The number of benzene rings is 1. The van der Waals surface area contributed by atoms with Crippen LogP contribution in [0.1, 0.15) is 18.1 Å². The number of ether oxygens (including phenoxy) is 1. The molecule has 19 heavy (non-hydrogen) atoms. The van der Waals surface area contributed by atoms with Crippen molar-refractivity contribution >= 4 is 17.4 Å². The molecule has 2 rings (SSSR count). The third kappa shape index (κ3) is 3.35. The molecule has 0 aliphatic heterocycles. The van der Waals surface area contributed by atoms with Crippen LogP contribution in [0.4, 0.5) is 5.82 Å². The molecule has 0 amide bonds. The Morgan fingerprint density at radius 1 is 1.32 bits per heavy atom. The second-order valence-corrected chi connectivity index (χ2v) is 4.46. The highest BCUT2D eigenvalue weighted by atomic mass is 35.5. The van der Waals surface area contributed by atoms with Crippen molar-refractivity contribution in [1.82, 2.24) is 9.97 Å². The van der Waals surface area contributed by atoms with E-state index in [1.807, 2.05) is 38.2 Å². The van der Waals surface area contributed by atoms with Crippen LogP contribution in [0.5, 0.6) is 5.88 Å². The highest BCUT2D eigenvalue weighted by molar-refractivity contribution is 6.30. The zero-order chi connectivity index (χ0) is 13.7. The monoisotopic (exact) mass is 277 g/mol. The van der Waals surface area contributed by atoms with Crippen LogP contribution in [0.2, 0.25) is 5.02 Å². The van der Waals surface area contributed by atoms with Gasteiger partial charge in [0.1, 0.15) is 18.8 Å². The van der Waals surface area contributed by atoms with Gasteiger partial charge < -0.3 is 10.1 Å². The maximum atomic E-state index is 5.94. The summed E-state index contributed by atoms with van der Waals surface area (Å²) < 4.78 is 5.76. The molecule has 1 aromatic carbocycles. The lowest BCUT2D eigenvalue weighted by Crippen LogP contribution is -2.05. The highest BCUT2D eigenvalue weighted by Gasteiger charge is 2.10. The van der Waals surface area contributed by atoms with E-state index in [2.05, 4.69) is 15.3 Å². The predicted molar refractivity (Wildman–Crippen MR) is 76.7 cm³/mol. The van der Waals surface area contributed by atoms with Crippen LogP contribution in [0.3, 0.4) is 0 Å². The first-order valence-electron chi connectivity index (χ1n) is 6.13. The van der Waals surface area contributed by atoms with E-state index in [-0.39, 0.29) is 0 Å². The minimum atomic E-state index is 0.438. The first-order chi connectivity index (χ1) is 9.24. The van der Waals surface area contributed by atoms with Crippen molar-refractivity contribution in [2.24, 2.45) is 0 Å². The van der Waals surface area contributed by atoms with E-state index in [1.54, 1.807) is 0 Å². The van der Waals surface area contributed by atoms with Gasteiger partial charge in [0.2, 0.25) is 5.88 Å². The molecule has 0 spiro atoms. The molecule has 5 heteroatoms. The van der Waals surface area contributed by atoms with Crippen LogP contribution < -0.4 is 10.1 Å². The zero-order valence-corrected chi connectivity index (χ0v) is 11.7. The third-order valence-corrected chi connectivity index (χ3v) is 3.00. The van der Waals surface area contributed by atoms with Gasteiger partial charge in [-0.05, 0) is 24.1 Å². The molecule has 4 nitrogen and oxygen atoms in total. The van der Waals surface area contributed by atoms with E-state index in [9.17, 15) is 0 Å². The number of anilines is 1. The number of rotatable bonds is 5. The maximum Gasteiger partial charge on any atom is 0.222 e. The average molecular weight is 278 g/mol. The fraction of sp³-hybridized carbons (Fsp3) is 0.286. The van der Waals surface area contributed by atoms with Gasteiger partial charge in [0.05, 0.1) is 5.56 Å². The zero-order valence-electron chi connectivity index (χ0n) is 11.0. The minimum absolute atomic E-state index is 0.438. The summed E-state index contributed by atoms with van der Waals surface area (Å²) in [4.78, 5) is 8.36. The second kappa shape index (κ2) is 6.38. The molecule has 100 valence electrons. The van der Waals surface area contributed by atoms with E-state index in [0.717, 1.165) is 23.4 Å². The Morgan fingerprint density at radius 2 is 2.16 bits per heavy atom. The first kappa shape index (κ1) is 13.6. The molecule has 0 fully saturated rings. The lowest BCUT2D eigenvalue weighted by molar-refractivity contribution is 0.290. The Morgan fingerprint density at radius 3 is 2.84 bits per heavy atom. The smallest absolute Gasteiger partial charge is 0.222 e. The molecular weight excluding hydrogens is 262 g/mol. The molecule has 0 radical (unpaired) electrons. The largest absolute Gasteiger partial charge is 0.472 e. The summed E-state index contributed by atoms with van der Waals surface area (Å²) in [6.45, 7) is 2.49. The number of aromatic nitrogens is 2. The molecule has 0 bridgehead atoms. The molecule has 2 aromatic rings. The van der Waals surface area contributed by atoms with Gasteiger partial charge in [-0.3, -0.25) is 0 Å². The van der Waals surface area contributed by atoms with Gasteiger partial charge in [-0.1, -0.05) is 30.7 Å². The number of hydrogen-bond acceptors (Lipinski definition) is 4. The maximum absolute atomic E-state index is 5.94. The molecule has 0 aliphatic carbocycles. The SMILES string of the molecule is CCc1c(NC)ncnc1OCc1cccc(Cl)c1. The summed E-state index contributed by atoms with van der Waals surface area (Å²) in [6.07, 6.45) is 2.31. The van der Waals surface area contributed by atoms with Crippen LogP contribution in [0.15, 0.2) is 30.6 Å². The van der Waals surface area contributed by atoms with Crippen molar-refractivity contribution in [3.63, 3.8) is 0 Å². The summed E-state index contributed by atoms with van der Waals surface area (Å²) >= 11 is 5.94. The van der Waals surface area contributed by atoms with Crippen LogP contribution in [0, 0.1) is 0 Å². The summed E-state index contributed by atoms with van der Waals surface area (Å²) in [6, 6.07) is 7.60. The number of hydrogen-bond donors (Lipinski definition) is 1. The van der Waals surface area contributed by atoms with E-state index in [0.29, 0.717) is 17.5 Å². The Labute approximate surface area is 117 Å². The minimum Gasteiger partial charge on any atom is -0.472 e. The van der Waals surface area contributed by atoms with Gasteiger partial charge in [-0.25, -0.2) is 9.97 Å². The number of nitrogens with one attached hydrogen (secondary N) is 1. The average Bonchev–Trinajstić information content (AvgIpc) is 2.44. The molecule has 1 heterocycles. The molecule has 0 aliphatic rings. The van der Waals surface area contributed by atoms with Gasteiger partial charge >= 0.3 is 0 Å². The van der Waals surface area contributed by atoms with E-state index < -0.39 is 0 Å². The normalized spacial score (nSPS) is 10.3. The molecule has 0 saturated carbocycles. The fourth-order valence-corrected chi connectivity index (χ4v) is 2.05. The Bertz CT molecular complexity index is 560. The second-order valence-electron chi connectivity index (χ2n) is 4.03. The van der Waals surface area contributed by atoms with E-state index in [4.69, 9.17) is 16.3 Å². The standard InChI is InChI=1S/C14H16ClN3O/c1-3-12-13(16-2)17-9-18-14(12)19-8-10-5-4-6-11(15)7-10/h4-7,9H,3,8H2,1-2H3,(H,16,17,18). The van der Waals surface area contributed by atoms with E-state index >= 15 is 0 Å². The first-order valence-corrected chi connectivity index (χ1v) is 6.51. The lowest BCUT2D eigenvalue weighted by atomic mass is 10.2. The number of nitrogens with zero attached hydrogens (tertiary/aromatic N) is 2. The van der Waals surface area contributed by atoms with Crippen molar-refractivity contribution in [2.45, 2.75) is 20.0 Å². The summed E-state index contributed by atoms with van der Waals surface area (Å²) in [5.74, 6) is 1.42. The van der Waals surface area contributed by atoms with Crippen LogP contribution >= 0.6 is 11.6 Å². The van der Waals surface area contributed by atoms with Crippen molar-refractivity contribution in [3.05, 3.63) is 46.7 Å². The van der Waals surface area contributed by atoms with Crippen molar-refractivity contribution in [2.75, 3.05) is 12.4 Å². The Hall–Kier alpha value is -1.81. The quantitative estimate of drug-likeness (QED) is 0.911. The van der Waals surface area contributed by atoms with Gasteiger partial charge in [-0.2, -0.15) is 0 Å². The molecule has 0 atom stereocenters. The number of halogens is 1. The molecule has 0 unspecified atom stereocenters. The molecular formula is C14H16ClN3O. The van der Waals surface area contributed by atoms with E-state index in [1.165, 1.54) is 6.33 Å². The Balaban J connectivity index is 2.15. The van der Waals surface area contributed by atoms with Crippen molar-refractivity contribution in [1.29, 1.82) is 0 Å². The summed E-state index contributed by atoms with van der Waals surface area (Å²) in [5, 5.41) is 3.75. The van der Waals surface area contributed by atoms with Gasteiger partial charge in [0.15, 0.2) is 0 Å². The predicted octanol–water partition coefficient (Wildman–Crippen LogP) is 3.31. The Kier molecular flexibility index (Phi) is 4.58. The molecule has 0 saturated heterocycles. The summed E-state index contributed by atoms with van der Waals surface area (Å²) in [5.41, 5.74) is 1.99.